The third-order valence-electron chi connectivity index (χ3n) is 3.07. The van der Waals surface area contributed by atoms with E-state index in [2.05, 4.69) is 16.0 Å². The molecule has 3 aromatic rings. The monoisotopic (exact) mass is 252 g/mol. The summed E-state index contributed by atoms with van der Waals surface area (Å²) in [6.45, 7) is 4.05. The zero-order valence-corrected chi connectivity index (χ0v) is 10.8. The van der Waals surface area contributed by atoms with Gasteiger partial charge in [-0.1, -0.05) is 35.4 Å². The van der Waals surface area contributed by atoms with E-state index in [0.29, 0.717) is 11.2 Å². The summed E-state index contributed by atoms with van der Waals surface area (Å²) < 4.78 is 13.6. The zero-order valence-electron chi connectivity index (χ0n) is 10.8. The molecular weight excluding hydrogens is 239 g/mol. The molecule has 0 unspecified atom stereocenters. The summed E-state index contributed by atoms with van der Waals surface area (Å²) in [7, 11) is 0. The van der Waals surface area contributed by atoms with Crippen molar-refractivity contribution in [3.8, 4) is 11.3 Å². The van der Waals surface area contributed by atoms with Gasteiger partial charge >= 0.3 is 6.08 Å². The van der Waals surface area contributed by atoms with E-state index < -0.39 is 6.08 Å². The van der Waals surface area contributed by atoms with Crippen LogP contribution < -0.4 is 0 Å². The number of aromatic nitrogens is 2. The Morgan fingerprint density at radius 1 is 0.895 bits per heavy atom. The van der Waals surface area contributed by atoms with E-state index in [1.165, 1.54) is 0 Å². The maximum Gasteiger partial charge on any atom is 0.309 e. The molecule has 0 aliphatic heterocycles. The molecule has 3 rings (SSSR count). The van der Waals surface area contributed by atoms with E-state index in [9.17, 15) is 4.39 Å². The predicted molar refractivity (Wildman–Crippen MR) is 74.4 cm³/mol. The molecule has 0 saturated heterocycles. The molecular formula is C16H13FN2. The van der Waals surface area contributed by atoms with E-state index in [0.717, 1.165) is 22.1 Å². The summed E-state index contributed by atoms with van der Waals surface area (Å²) in [5.74, 6) is 0. The van der Waals surface area contributed by atoms with Gasteiger partial charge < -0.3 is 0 Å². The first-order chi connectivity index (χ1) is 9.13. The highest BCUT2D eigenvalue weighted by Crippen LogP contribution is 2.27. The minimum Gasteiger partial charge on any atom is -0.202 e. The second-order valence-electron chi connectivity index (χ2n) is 4.73. The largest absolute Gasteiger partial charge is 0.309 e. The van der Waals surface area contributed by atoms with Crippen molar-refractivity contribution >= 4 is 10.9 Å². The Labute approximate surface area is 111 Å². The highest BCUT2D eigenvalue weighted by Gasteiger charge is 2.09. The van der Waals surface area contributed by atoms with Gasteiger partial charge in [-0.3, -0.25) is 0 Å². The summed E-state index contributed by atoms with van der Waals surface area (Å²) in [5.41, 5.74) is 4.48. The number of benzene rings is 2. The summed E-state index contributed by atoms with van der Waals surface area (Å²) in [6, 6.07) is 13.6. The van der Waals surface area contributed by atoms with Crippen LogP contribution >= 0.6 is 0 Å². The summed E-state index contributed by atoms with van der Waals surface area (Å²) >= 11 is 0. The van der Waals surface area contributed by atoms with Crippen LogP contribution in [-0.2, 0) is 0 Å². The molecule has 0 radical (unpaired) electrons. The molecule has 19 heavy (non-hydrogen) atoms. The third-order valence-corrected chi connectivity index (χ3v) is 3.07. The van der Waals surface area contributed by atoms with E-state index in [-0.39, 0.29) is 0 Å². The summed E-state index contributed by atoms with van der Waals surface area (Å²) in [4.78, 5) is 7.80. The Kier molecular flexibility index (Phi) is 2.75. The van der Waals surface area contributed by atoms with Crippen molar-refractivity contribution in [3.63, 3.8) is 0 Å². The maximum absolute atomic E-state index is 13.6. The fourth-order valence-electron chi connectivity index (χ4n) is 2.38. The van der Waals surface area contributed by atoms with Crippen LogP contribution in [-0.4, -0.2) is 9.97 Å². The Balaban J connectivity index is 2.35. The SMILES string of the molecule is Cc1cc(C)cc(-c2nc(F)nc3ccccc23)c1. The van der Waals surface area contributed by atoms with Crippen LogP contribution in [0.3, 0.4) is 0 Å². The quantitative estimate of drug-likeness (QED) is 0.610. The van der Waals surface area contributed by atoms with Crippen molar-refractivity contribution < 1.29 is 4.39 Å². The van der Waals surface area contributed by atoms with Gasteiger partial charge in [0, 0.05) is 10.9 Å². The first kappa shape index (κ1) is 11.8. The molecule has 0 bridgehead atoms. The maximum atomic E-state index is 13.6. The highest BCUT2D eigenvalue weighted by atomic mass is 19.1. The van der Waals surface area contributed by atoms with E-state index in [1.54, 1.807) is 6.07 Å². The Morgan fingerprint density at radius 2 is 1.58 bits per heavy atom. The number of fused-ring (bicyclic) bond motifs is 1. The first-order valence-electron chi connectivity index (χ1n) is 6.14. The van der Waals surface area contributed by atoms with Gasteiger partial charge in [0.2, 0.25) is 0 Å². The van der Waals surface area contributed by atoms with Crippen LogP contribution in [0.15, 0.2) is 42.5 Å². The number of para-hydroxylation sites is 1. The number of hydrogen-bond acceptors (Lipinski definition) is 2. The molecule has 94 valence electrons. The lowest BCUT2D eigenvalue weighted by molar-refractivity contribution is 0.546. The van der Waals surface area contributed by atoms with Crippen molar-refractivity contribution in [1.82, 2.24) is 9.97 Å². The highest BCUT2D eigenvalue weighted by molar-refractivity contribution is 5.92. The van der Waals surface area contributed by atoms with Gasteiger partial charge in [-0.2, -0.15) is 4.39 Å². The van der Waals surface area contributed by atoms with Crippen LogP contribution in [0.2, 0.25) is 0 Å². The van der Waals surface area contributed by atoms with Crippen molar-refractivity contribution in [3.05, 3.63) is 59.7 Å². The fraction of sp³-hybridized carbons (Fsp3) is 0.125. The second kappa shape index (κ2) is 4.43. The third kappa shape index (κ3) is 2.19. The smallest absolute Gasteiger partial charge is 0.202 e. The van der Waals surface area contributed by atoms with Gasteiger partial charge in [-0.15, -0.1) is 0 Å². The lowest BCUT2D eigenvalue weighted by Gasteiger charge is -2.08. The Hall–Kier alpha value is -2.29. The number of rotatable bonds is 1. The second-order valence-corrected chi connectivity index (χ2v) is 4.73. The number of hydrogen-bond donors (Lipinski definition) is 0. The lowest BCUT2D eigenvalue weighted by atomic mass is 10.0. The average molecular weight is 252 g/mol. The van der Waals surface area contributed by atoms with Crippen molar-refractivity contribution in [2.45, 2.75) is 13.8 Å². The summed E-state index contributed by atoms with van der Waals surface area (Å²) in [6.07, 6.45) is -0.687. The van der Waals surface area contributed by atoms with Gasteiger partial charge in [0.25, 0.3) is 0 Å². The molecule has 0 spiro atoms. The minimum atomic E-state index is -0.687. The average Bonchev–Trinajstić information content (AvgIpc) is 2.36. The van der Waals surface area contributed by atoms with Gasteiger partial charge in [-0.25, -0.2) is 9.97 Å². The van der Waals surface area contributed by atoms with Crippen LogP contribution in [0.4, 0.5) is 4.39 Å². The van der Waals surface area contributed by atoms with Crippen LogP contribution in [0, 0.1) is 19.9 Å². The van der Waals surface area contributed by atoms with Gasteiger partial charge in [-0.05, 0) is 32.0 Å². The first-order valence-corrected chi connectivity index (χ1v) is 6.14. The minimum absolute atomic E-state index is 0.629. The van der Waals surface area contributed by atoms with Gasteiger partial charge in [0.1, 0.15) is 0 Å². The van der Waals surface area contributed by atoms with Crippen molar-refractivity contribution in [2.24, 2.45) is 0 Å². The Bertz CT molecular complexity index is 746. The molecule has 2 aromatic carbocycles. The zero-order chi connectivity index (χ0) is 13.4. The normalized spacial score (nSPS) is 10.9. The molecule has 0 N–H and O–H groups in total. The molecule has 0 saturated carbocycles. The van der Waals surface area contributed by atoms with E-state index >= 15 is 0 Å². The molecule has 1 heterocycles. The van der Waals surface area contributed by atoms with Crippen molar-refractivity contribution in [1.29, 1.82) is 0 Å². The molecule has 1 aromatic heterocycles. The fourth-order valence-corrected chi connectivity index (χ4v) is 2.38. The number of aryl methyl sites for hydroxylation is 2. The topological polar surface area (TPSA) is 25.8 Å². The molecule has 0 amide bonds. The van der Waals surface area contributed by atoms with Crippen LogP contribution in [0.5, 0.6) is 0 Å². The molecule has 0 aliphatic carbocycles. The molecule has 2 nitrogen and oxygen atoms in total. The standard InChI is InChI=1S/C16H13FN2/c1-10-7-11(2)9-12(8-10)15-13-5-3-4-6-14(13)18-16(17)19-15/h3-9H,1-2H3. The van der Waals surface area contributed by atoms with Crippen molar-refractivity contribution in [2.75, 3.05) is 0 Å². The predicted octanol–water partition coefficient (Wildman–Crippen LogP) is 4.05. The van der Waals surface area contributed by atoms with Gasteiger partial charge in [0.05, 0.1) is 11.2 Å². The van der Waals surface area contributed by atoms with Gasteiger partial charge in [0.15, 0.2) is 0 Å². The molecule has 0 aliphatic rings. The lowest BCUT2D eigenvalue weighted by Crippen LogP contribution is -1.95. The molecule has 0 fully saturated rings. The summed E-state index contributed by atoms with van der Waals surface area (Å²) in [5, 5.41) is 0.869. The Morgan fingerprint density at radius 3 is 2.32 bits per heavy atom. The molecule has 0 atom stereocenters. The van der Waals surface area contributed by atoms with E-state index in [4.69, 9.17) is 0 Å². The number of nitrogens with zero attached hydrogens (tertiary/aromatic N) is 2. The van der Waals surface area contributed by atoms with Crippen LogP contribution in [0.1, 0.15) is 11.1 Å². The van der Waals surface area contributed by atoms with Crippen LogP contribution in [0.25, 0.3) is 22.2 Å². The molecule has 3 heteroatoms. The van der Waals surface area contributed by atoms with E-state index in [1.807, 2.05) is 44.2 Å². The number of halogens is 1.